The van der Waals surface area contributed by atoms with Gasteiger partial charge in [-0.1, -0.05) is 31.5 Å². The third-order valence-corrected chi connectivity index (χ3v) is 4.31. The fourth-order valence-electron chi connectivity index (χ4n) is 2.86. The molecule has 4 nitrogen and oxygen atoms in total. The molecule has 0 bridgehead atoms. The predicted molar refractivity (Wildman–Crippen MR) is 88.3 cm³/mol. The molecule has 0 aromatic carbocycles. The number of hydrogen-bond donors (Lipinski definition) is 0. The van der Waals surface area contributed by atoms with Crippen molar-refractivity contribution in [2.75, 3.05) is 11.5 Å². The van der Waals surface area contributed by atoms with Crippen LogP contribution in [0.2, 0.25) is 5.15 Å². The van der Waals surface area contributed by atoms with Crippen LogP contribution in [0.3, 0.4) is 0 Å². The molecule has 1 fully saturated rings. The molecule has 1 aliphatic heterocycles. The Morgan fingerprint density at radius 3 is 2.64 bits per heavy atom. The first kappa shape index (κ1) is 17.9. The molecule has 2 aromatic rings. The molecule has 0 saturated carbocycles. The van der Waals surface area contributed by atoms with E-state index in [-0.39, 0.29) is 22.9 Å². The second kappa shape index (κ2) is 6.80. The molecule has 1 saturated heterocycles. The van der Waals surface area contributed by atoms with E-state index in [1.54, 1.807) is 29.3 Å². The summed E-state index contributed by atoms with van der Waals surface area (Å²) in [6.45, 7) is 4.34. The minimum absolute atomic E-state index is 0.131. The number of anilines is 1. The standard InChI is InChI=1S/C17H17ClF3N3O/c1-10(2)13-9-25-16(12-5-3-4-6-22-12)24(13)15-8-11(17(19,20)21)7-14(18)23-15/h3-8,10,13,16H,9H2,1-2H3. The molecule has 8 heteroatoms. The van der Waals surface area contributed by atoms with Crippen molar-refractivity contribution in [2.24, 2.45) is 5.92 Å². The van der Waals surface area contributed by atoms with Crippen molar-refractivity contribution in [1.29, 1.82) is 0 Å². The lowest BCUT2D eigenvalue weighted by molar-refractivity contribution is -0.137. The van der Waals surface area contributed by atoms with Crippen LogP contribution in [0, 0.1) is 5.92 Å². The first-order valence-electron chi connectivity index (χ1n) is 7.83. The van der Waals surface area contributed by atoms with Crippen LogP contribution in [-0.4, -0.2) is 22.6 Å². The maximum Gasteiger partial charge on any atom is 0.416 e. The van der Waals surface area contributed by atoms with Crippen LogP contribution in [0.15, 0.2) is 36.5 Å². The Hall–Kier alpha value is -1.86. The quantitative estimate of drug-likeness (QED) is 0.732. The van der Waals surface area contributed by atoms with Crippen LogP contribution in [-0.2, 0) is 10.9 Å². The molecule has 2 atom stereocenters. The summed E-state index contributed by atoms with van der Waals surface area (Å²) in [6, 6.07) is 7.03. The van der Waals surface area contributed by atoms with Gasteiger partial charge in [0.2, 0.25) is 0 Å². The lowest BCUT2D eigenvalue weighted by atomic mass is 10.0. The van der Waals surface area contributed by atoms with E-state index in [0.717, 1.165) is 12.1 Å². The summed E-state index contributed by atoms with van der Waals surface area (Å²) in [5.41, 5.74) is -0.224. The van der Waals surface area contributed by atoms with Gasteiger partial charge in [-0.15, -0.1) is 0 Å². The first-order valence-corrected chi connectivity index (χ1v) is 8.21. The van der Waals surface area contributed by atoms with Crippen molar-refractivity contribution >= 4 is 17.4 Å². The van der Waals surface area contributed by atoms with Gasteiger partial charge in [0.15, 0.2) is 6.23 Å². The zero-order chi connectivity index (χ0) is 18.2. The van der Waals surface area contributed by atoms with E-state index in [1.807, 2.05) is 13.8 Å². The molecule has 3 heterocycles. The molecule has 25 heavy (non-hydrogen) atoms. The van der Waals surface area contributed by atoms with Gasteiger partial charge in [0.1, 0.15) is 11.0 Å². The van der Waals surface area contributed by atoms with Gasteiger partial charge in [0, 0.05) is 6.20 Å². The molecule has 0 spiro atoms. The summed E-state index contributed by atoms with van der Waals surface area (Å²) in [6.07, 6.45) is -3.50. The highest BCUT2D eigenvalue weighted by Gasteiger charge is 2.40. The molecule has 0 aliphatic carbocycles. The van der Waals surface area contributed by atoms with Gasteiger partial charge in [-0.2, -0.15) is 13.2 Å². The largest absolute Gasteiger partial charge is 0.416 e. The molecule has 0 N–H and O–H groups in total. The minimum Gasteiger partial charge on any atom is -0.350 e. The Morgan fingerprint density at radius 1 is 1.28 bits per heavy atom. The van der Waals surface area contributed by atoms with Crippen molar-refractivity contribution in [3.8, 4) is 0 Å². The van der Waals surface area contributed by atoms with E-state index >= 15 is 0 Å². The highest BCUT2D eigenvalue weighted by molar-refractivity contribution is 6.29. The van der Waals surface area contributed by atoms with Gasteiger partial charge >= 0.3 is 6.18 Å². The SMILES string of the molecule is CC(C)C1COC(c2ccccn2)N1c1cc(C(F)(F)F)cc(Cl)n1. The van der Waals surface area contributed by atoms with E-state index in [2.05, 4.69) is 9.97 Å². The lowest BCUT2D eigenvalue weighted by Crippen LogP contribution is -2.37. The fraction of sp³-hybridized carbons (Fsp3) is 0.412. The first-order chi connectivity index (χ1) is 11.8. The highest BCUT2D eigenvalue weighted by atomic mass is 35.5. The zero-order valence-electron chi connectivity index (χ0n) is 13.7. The normalized spacial score (nSPS) is 21.2. The maximum atomic E-state index is 13.2. The Kier molecular flexibility index (Phi) is 4.88. The number of halogens is 4. The Balaban J connectivity index is 2.08. The number of ether oxygens (including phenoxy) is 1. The zero-order valence-corrected chi connectivity index (χ0v) is 14.4. The molecule has 1 aliphatic rings. The monoisotopic (exact) mass is 371 g/mol. The topological polar surface area (TPSA) is 38.2 Å². The number of nitrogens with zero attached hydrogens (tertiary/aromatic N) is 3. The van der Waals surface area contributed by atoms with Crippen molar-refractivity contribution in [3.63, 3.8) is 0 Å². The van der Waals surface area contributed by atoms with Crippen LogP contribution in [0.25, 0.3) is 0 Å². The predicted octanol–water partition coefficient (Wildman–Crippen LogP) is 4.71. The average molecular weight is 372 g/mol. The van der Waals surface area contributed by atoms with Crippen LogP contribution in [0.1, 0.15) is 31.3 Å². The molecule has 134 valence electrons. The van der Waals surface area contributed by atoms with Gasteiger partial charge in [0.05, 0.1) is 23.9 Å². The number of alkyl halides is 3. The van der Waals surface area contributed by atoms with E-state index < -0.39 is 18.0 Å². The summed E-state index contributed by atoms with van der Waals surface area (Å²) in [4.78, 5) is 10.1. The summed E-state index contributed by atoms with van der Waals surface area (Å²) < 4.78 is 45.3. The van der Waals surface area contributed by atoms with Gasteiger partial charge in [0.25, 0.3) is 0 Å². The van der Waals surface area contributed by atoms with Gasteiger partial charge < -0.3 is 9.64 Å². The molecular weight excluding hydrogens is 355 g/mol. The number of rotatable bonds is 3. The van der Waals surface area contributed by atoms with E-state index in [0.29, 0.717) is 12.3 Å². The maximum absolute atomic E-state index is 13.2. The van der Waals surface area contributed by atoms with Crippen LogP contribution >= 0.6 is 11.6 Å². The van der Waals surface area contributed by atoms with Crippen LogP contribution in [0.5, 0.6) is 0 Å². The number of hydrogen-bond acceptors (Lipinski definition) is 4. The van der Waals surface area contributed by atoms with Gasteiger partial charge in [-0.25, -0.2) is 4.98 Å². The fourth-order valence-corrected chi connectivity index (χ4v) is 3.06. The number of pyridine rings is 2. The molecule has 2 aromatic heterocycles. The summed E-state index contributed by atoms with van der Waals surface area (Å²) in [5.74, 6) is 0.274. The second-order valence-corrected chi connectivity index (χ2v) is 6.58. The second-order valence-electron chi connectivity index (χ2n) is 6.19. The smallest absolute Gasteiger partial charge is 0.350 e. The van der Waals surface area contributed by atoms with E-state index in [4.69, 9.17) is 16.3 Å². The molecule has 3 rings (SSSR count). The van der Waals surface area contributed by atoms with Crippen LogP contribution < -0.4 is 4.90 Å². The lowest BCUT2D eigenvalue weighted by Gasteiger charge is -2.31. The molecule has 2 unspecified atom stereocenters. The van der Waals surface area contributed by atoms with Crippen molar-refractivity contribution in [3.05, 3.63) is 52.9 Å². The summed E-state index contributed by atoms with van der Waals surface area (Å²) >= 11 is 5.86. The average Bonchev–Trinajstić information content (AvgIpc) is 2.99. The van der Waals surface area contributed by atoms with Crippen molar-refractivity contribution in [1.82, 2.24) is 9.97 Å². The van der Waals surface area contributed by atoms with Crippen molar-refractivity contribution < 1.29 is 17.9 Å². The minimum atomic E-state index is -4.50. The van der Waals surface area contributed by atoms with Gasteiger partial charge in [-0.05, 0) is 30.2 Å². The van der Waals surface area contributed by atoms with Crippen molar-refractivity contribution in [2.45, 2.75) is 32.3 Å². The molecule has 0 amide bonds. The number of aromatic nitrogens is 2. The Labute approximate surface area is 148 Å². The molecule has 0 radical (unpaired) electrons. The molecular formula is C17H17ClF3N3O. The third kappa shape index (κ3) is 3.72. The highest BCUT2D eigenvalue weighted by Crippen LogP contribution is 2.39. The van der Waals surface area contributed by atoms with Gasteiger partial charge in [-0.3, -0.25) is 4.98 Å². The van der Waals surface area contributed by atoms with E-state index in [1.165, 1.54) is 0 Å². The van der Waals surface area contributed by atoms with Crippen LogP contribution in [0.4, 0.5) is 19.0 Å². The summed E-state index contributed by atoms with van der Waals surface area (Å²) in [7, 11) is 0. The van der Waals surface area contributed by atoms with E-state index in [9.17, 15) is 13.2 Å². The Morgan fingerprint density at radius 2 is 2.04 bits per heavy atom. The summed E-state index contributed by atoms with van der Waals surface area (Å²) in [5, 5.41) is -0.209. The Bertz CT molecular complexity index is 740. The third-order valence-electron chi connectivity index (χ3n) is 4.12.